The van der Waals surface area contributed by atoms with Gasteiger partial charge in [0.25, 0.3) is 0 Å². The smallest absolute Gasteiger partial charge is 0.147 e. The molecule has 0 amide bonds. The molecule has 0 saturated heterocycles. The molecule has 0 aliphatic rings. The van der Waals surface area contributed by atoms with Crippen LogP contribution < -0.4 is 10.1 Å². The Labute approximate surface area is 131 Å². The highest BCUT2D eigenvalue weighted by Crippen LogP contribution is 2.34. The van der Waals surface area contributed by atoms with Gasteiger partial charge >= 0.3 is 0 Å². The van der Waals surface area contributed by atoms with Crippen LogP contribution in [0.1, 0.15) is 12.0 Å². The van der Waals surface area contributed by atoms with Gasteiger partial charge in [-0.1, -0.05) is 0 Å². The van der Waals surface area contributed by atoms with Crippen molar-refractivity contribution in [3.8, 4) is 18.1 Å². The maximum Gasteiger partial charge on any atom is 0.147 e. The first-order valence-corrected chi connectivity index (χ1v) is 7.51. The van der Waals surface area contributed by atoms with E-state index >= 15 is 0 Å². The van der Waals surface area contributed by atoms with E-state index in [1.54, 1.807) is 7.11 Å². The Kier molecular flexibility index (Phi) is 8.15. The number of halogens is 2. The third-order valence-corrected chi connectivity index (χ3v) is 3.54. The van der Waals surface area contributed by atoms with Gasteiger partial charge in [0.15, 0.2) is 0 Å². The van der Waals surface area contributed by atoms with Crippen molar-refractivity contribution in [3.05, 3.63) is 26.6 Å². The number of hydrogen-bond donors (Lipinski definition) is 1. The van der Waals surface area contributed by atoms with E-state index in [4.69, 9.17) is 15.9 Å². The Morgan fingerprint density at radius 2 is 1.95 bits per heavy atom. The summed E-state index contributed by atoms with van der Waals surface area (Å²) < 4.78 is 12.5. The minimum absolute atomic E-state index is 0.513. The van der Waals surface area contributed by atoms with E-state index in [2.05, 4.69) is 43.1 Å². The lowest BCUT2D eigenvalue weighted by molar-refractivity contribution is 0.199. The van der Waals surface area contributed by atoms with Crippen molar-refractivity contribution in [1.29, 1.82) is 0 Å². The van der Waals surface area contributed by atoms with E-state index in [-0.39, 0.29) is 0 Å². The van der Waals surface area contributed by atoms with Crippen molar-refractivity contribution in [3.63, 3.8) is 0 Å². The van der Waals surface area contributed by atoms with Crippen LogP contribution in [0.15, 0.2) is 21.1 Å². The molecule has 1 N–H and O–H groups in total. The lowest BCUT2D eigenvalue weighted by Gasteiger charge is -2.12. The highest BCUT2D eigenvalue weighted by Gasteiger charge is 2.08. The number of nitrogens with one attached hydrogen (secondary N) is 1. The lowest BCUT2D eigenvalue weighted by atomic mass is 10.2. The predicted octanol–water partition coefficient (Wildman–Crippen LogP) is 3.35. The first-order valence-electron chi connectivity index (χ1n) is 5.93. The van der Waals surface area contributed by atoms with E-state index < -0.39 is 0 Å². The summed E-state index contributed by atoms with van der Waals surface area (Å²) in [6.07, 6.45) is 5.80. The third kappa shape index (κ3) is 5.96. The molecule has 0 fully saturated rings. The molecule has 0 aromatic heterocycles. The van der Waals surface area contributed by atoms with Gasteiger partial charge in [0.1, 0.15) is 5.75 Å². The molecule has 3 nitrogen and oxygen atoms in total. The highest BCUT2D eigenvalue weighted by molar-refractivity contribution is 9.11. The zero-order chi connectivity index (χ0) is 14.1. The Balaban J connectivity index is 2.60. The summed E-state index contributed by atoms with van der Waals surface area (Å²) in [7, 11) is 1.69. The van der Waals surface area contributed by atoms with Crippen molar-refractivity contribution in [2.75, 3.05) is 26.9 Å². The second kappa shape index (κ2) is 9.38. The molecule has 0 unspecified atom stereocenters. The van der Waals surface area contributed by atoms with Gasteiger partial charge in [0.05, 0.1) is 22.2 Å². The van der Waals surface area contributed by atoms with E-state index in [0.29, 0.717) is 19.6 Å². The molecule has 0 heterocycles. The molecule has 0 spiro atoms. The topological polar surface area (TPSA) is 30.5 Å². The van der Waals surface area contributed by atoms with Crippen molar-refractivity contribution in [2.24, 2.45) is 0 Å². The fourth-order valence-electron chi connectivity index (χ4n) is 1.47. The molecule has 1 aromatic rings. The zero-order valence-corrected chi connectivity index (χ0v) is 14.0. The Morgan fingerprint density at radius 3 is 2.53 bits per heavy atom. The van der Waals surface area contributed by atoms with Gasteiger partial charge in [-0.25, -0.2) is 0 Å². The number of rotatable bonds is 8. The van der Waals surface area contributed by atoms with Crippen LogP contribution in [0, 0.1) is 12.3 Å². The number of benzene rings is 1. The number of terminal acetylenes is 1. The SMILES string of the molecule is C#CCCOc1c(Br)cc(CNCCOC)cc1Br. The van der Waals surface area contributed by atoms with E-state index in [1.807, 2.05) is 12.1 Å². The van der Waals surface area contributed by atoms with Crippen LogP contribution in [0.4, 0.5) is 0 Å². The monoisotopic (exact) mass is 389 g/mol. The van der Waals surface area contributed by atoms with Crippen LogP contribution in [0.25, 0.3) is 0 Å². The molecule has 5 heteroatoms. The summed E-state index contributed by atoms with van der Waals surface area (Å²) in [6, 6.07) is 4.07. The standard InChI is InChI=1S/C14H17Br2NO2/c1-3-4-6-19-14-12(15)8-11(9-13(14)16)10-17-5-7-18-2/h1,8-9,17H,4-7,10H2,2H3. The van der Waals surface area contributed by atoms with Gasteiger partial charge in [-0.2, -0.15) is 0 Å². The van der Waals surface area contributed by atoms with Gasteiger partial charge in [0, 0.05) is 26.6 Å². The summed E-state index contributed by atoms with van der Waals surface area (Å²) in [5.41, 5.74) is 1.17. The maximum atomic E-state index is 5.63. The zero-order valence-electron chi connectivity index (χ0n) is 10.8. The van der Waals surface area contributed by atoms with Crippen LogP contribution in [0.5, 0.6) is 5.75 Å². The number of methoxy groups -OCH3 is 1. The summed E-state index contributed by atoms with van der Waals surface area (Å²) >= 11 is 7.03. The quantitative estimate of drug-likeness (QED) is 0.545. The molecule has 0 atom stereocenters. The minimum atomic E-state index is 0.513. The van der Waals surface area contributed by atoms with Crippen molar-refractivity contribution >= 4 is 31.9 Å². The maximum absolute atomic E-state index is 5.63. The molecule has 0 aliphatic carbocycles. The highest BCUT2D eigenvalue weighted by atomic mass is 79.9. The van der Waals surface area contributed by atoms with Gasteiger partial charge in [-0.15, -0.1) is 12.3 Å². The molecule has 19 heavy (non-hydrogen) atoms. The first kappa shape index (κ1) is 16.5. The van der Waals surface area contributed by atoms with Crippen molar-refractivity contribution in [1.82, 2.24) is 5.32 Å². The van der Waals surface area contributed by atoms with E-state index in [9.17, 15) is 0 Å². The summed E-state index contributed by atoms with van der Waals surface area (Å²) in [6.45, 7) is 2.83. The Bertz CT molecular complexity index is 421. The Morgan fingerprint density at radius 1 is 1.26 bits per heavy atom. The van der Waals surface area contributed by atoms with Crippen LogP contribution in [0.2, 0.25) is 0 Å². The lowest BCUT2D eigenvalue weighted by Crippen LogP contribution is -2.18. The fraction of sp³-hybridized carbons (Fsp3) is 0.429. The van der Waals surface area contributed by atoms with E-state index in [1.165, 1.54) is 5.56 Å². The van der Waals surface area contributed by atoms with Crippen LogP contribution in [-0.2, 0) is 11.3 Å². The molecule has 0 radical (unpaired) electrons. The van der Waals surface area contributed by atoms with E-state index in [0.717, 1.165) is 27.8 Å². The second-order valence-electron chi connectivity index (χ2n) is 3.86. The predicted molar refractivity (Wildman–Crippen MR) is 84.4 cm³/mol. The second-order valence-corrected chi connectivity index (χ2v) is 5.57. The molecule has 1 aromatic carbocycles. The van der Waals surface area contributed by atoms with Gasteiger partial charge in [-0.3, -0.25) is 0 Å². The average Bonchev–Trinajstić information content (AvgIpc) is 2.38. The molecular weight excluding hydrogens is 374 g/mol. The third-order valence-electron chi connectivity index (χ3n) is 2.36. The number of hydrogen-bond acceptors (Lipinski definition) is 3. The number of ether oxygens (including phenoxy) is 2. The largest absolute Gasteiger partial charge is 0.490 e. The van der Waals surface area contributed by atoms with Gasteiger partial charge < -0.3 is 14.8 Å². The van der Waals surface area contributed by atoms with Crippen LogP contribution in [-0.4, -0.2) is 26.9 Å². The fourth-order valence-corrected chi connectivity index (χ4v) is 2.98. The summed E-state index contributed by atoms with van der Waals surface area (Å²) in [4.78, 5) is 0. The molecule has 104 valence electrons. The molecule has 0 saturated carbocycles. The van der Waals surface area contributed by atoms with Gasteiger partial charge in [0.2, 0.25) is 0 Å². The van der Waals surface area contributed by atoms with Gasteiger partial charge in [-0.05, 0) is 49.6 Å². The summed E-state index contributed by atoms with van der Waals surface area (Å²) in [5.74, 6) is 3.34. The molecule has 1 rings (SSSR count). The first-order chi connectivity index (χ1) is 9.19. The molecule has 0 bridgehead atoms. The van der Waals surface area contributed by atoms with Crippen LogP contribution >= 0.6 is 31.9 Å². The molecule has 0 aliphatic heterocycles. The normalized spacial score (nSPS) is 10.2. The minimum Gasteiger partial charge on any atom is -0.490 e. The molecular formula is C14H17Br2NO2. The summed E-state index contributed by atoms with van der Waals surface area (Å²) in [5, 5.41) is 3.29. The average molecular weight is 391 g/mol. The Hall–Kier alpha value is -0.540. The van der Waals surface area contributed by atoms with Crippen molar-refractivity contribution in [2.45, 2.75) is 13.0 Å². The van der Waals surface area contributed by atoms with Crippen molar-refractivity contribution < 1.29 is 9.47 Å². The van der Waals surface area contributed by atoms with Crippen LogP contribution in [0.3, 0.4) is 0 Å².